The molecule has 0 N–H and O–H groups in total. The SMILES string of the molecule is CC12c3ccc4c(c3)N(c3ccc5c6c7cc(ccc7c(c5c3)-c3ccc(c1c3)-c1ccccc12)N1c2ccccc2Sc2ccc(cc21)C1(C)c2ccccc2-c2ccc-6cc21)c1ccccc1S4. The van der Waals surface area contributed by atoms with Gasteiger partial charge in [0.2, 0.25) is 0 Å². The molecule has 0 amide bonds. The highest BCUT2D eigenvalue weighted by atomic mass is 32.2. The zero-order valence-corrected chi connectivity index (χ0v) is 40.0. The van der Waals surface area contributed by atoms with Gasteiger partial charge in [0.1, 0.15) is 0 Å². The van der Waals surface area contributed by atoms with Crippen LogP contribution in [0.4, 0.5) is 34.1 Å². The van der Waals surface area contributed by atoms with Crippen molar-refractivity contribution >= 4 is 79.2 Å². The molecule has 0 saturated heterocycles. The van der Waals surface area contributed by atoms with Crippen LogP contribution in [0.1, 0.15) is 47.2 Å². The van der Waals surface area contributed by atoms with E-state index in [1.165, 1.54) is 142 Å². The molecule has 2 nitrogen and oxygen atoms in total. The molecule has 11 aromatic rings. The summed E-state index contributed by atoms with van der Waals surface area (Å²) in [5.41, 5.74) is 24.8. The van der Waals surface area contributed by atoms with Gasteiger partial charge in [0.15, 0.2) is 0 Å². The molecule has 0 radical (unpaired) electrons. The Hall–Kier alpha value is -7.76. The van der Waals surface area contributed by atoms with Crippen LogP contribution in [0.15, 0.2) is 226 Å². The van der Waals surface area contributed by atoms with Crippen LogP contribution in [0.25, 0.3) is 66.1 Å². The number of hydrogen-bond acceptors (Lipinski definition) is 4. The van der Waals surface area contributed by atoms with Crippen LogP contribution in [-0.2, 0) is 10.8 Å². The van der Waals surface area contributed by atoms with Gasteiger partial charge >= 0.3 is 0 Å². The van der Waals surface area contributed by atoms with Crippen molar-refractivity contribution in [2.75, 3.05) is 9.80 Å². The van der Waals surface area contributed by atoms with Gasteiger partial charge in [0.25, 0.3) is 0 Å². The van der Waals surface area contributed by atoms with Crippen LogP contribution in [-0.4, -0.2) is 0 Å². The number of benzene rings is 11. The molecule has 12 bridgehead atoms. The lowest BCUT2D eigenvalue weighted by atomic mass is 9.73. The number of nitrogens with zero attached hydrogens (tertiary/aromatic N) is 2. The molecule has 70 heavy (non-hydrogen) atoms. The molecular weight excluding hydrogens is 885 g/mol. The maximum atomic E-state index is 2.55. The number of anilines is 6. The first kappa shape index (κ1) is 38.1. The van der Waals surface area contributed by atoms with Gasteiger partial charge < -0.3 is 9.80 Å². The maximum Gasteiger partial charge on any atom is 0.0604 e. The lowest BCUT2D eigenvalue weighted by Crippen LogP contribution is -2.24. The van der Waals surface area contributed by atoms with Gasteiger partial charge in [-0.1, -0.05) is 145 Å². The Morgan fingerprint density at radius 2 is 0.729 bits per heavy atom. The first-order valence-electron chi connectivity index (χ1n) is 24.4. The zero-order chi connectivity index (χ0) is 45.8. The first-order valence-corrected chi connectivity index (χ1v) is 26.0. The van der Waals surface area contributed by atoms with Crippen molar-refractivity contribution in [3.8, 4) is 44.5 Å². The zero-order valence-electron chi connectivity index (χ0n) is 38.3. The van der Waals surface area contributed by atoms with Gasteiger partial charge in [-0.05, 0) is 198 Å². The standard InChI is InChI=1S/C66H40N2S2/c1-65-39-21-29-61-57(33-39)67(55-15-7-9-17-59(55)69-61)41-23-28-48-49(35-41)63(37-19-25-45(53(65)31-37)43-11-3-5-13-51(43)65)47-27-24-42-36-50(47)64(48)38-20-26-46-44-12-4-6-14-52(44)66(2,54(46)32-38)40-22-30-62-58(34-40)68(42)56-16-8-10-18-60(56)70-62/h3-36H,1-2H3. The third-order valence-electron chi connectivity index (χ3n) is 17.0. The van der Waals surface area contributed by atoms with Crippen LogP contribution in [0.5, 0.6) is 0 Å². The van der Waals surface area contributed by atoms with Crippen molar-refractivity contribution in [3.05, 3.63) is 240 Å². The second-order valence-corrected chi connectivity index (χ2v) is 22.4. The van der Waals surface area contributed by atoms with Crippen molar-refractivity contribution in [1.29, 1.82) is 0 Å². The van der Waals surface area contributed by atoms with E-state index < -0.39 is 0 Å². The maximum absolute atomic E-state index is 2.55. The highest BCUT2D eigenvalue weighted by molar-refractivity contribution is 8.00. The number of rotatable bonds is 0. The van der Waals surface area contributed by atoms with Gasteiger partial charge in [-0.15, -0.1) is 0 Å². The molecule has 4 aliphatic heterocycles. The highest BCUT2D eigenvalue weighted by Crippen LogP contribution is 2.61. The third kappa shape index (κ3) is 4.61. The fourth-order valence-electron chi connectivity index (χ4n) is 13.7. The van der Waals surface area contributed by atoms with Gasteiger partial charge in [-0.3, -0.25) is 0 Å². The van der Waals surface area contributed by atoms with E-state index in [-0.39, 0.29) is 10.8 Å². The van der Waals surface area contributed by atoms with Crippen LogP contribution >= 0.6 is 23.5 Å². The molecule has 4 heteroatoms. The molecule has 0 fully saturated rings. The second-order valence-electron chi connectivity index (χ2n) is 20.2. The second kappa shape index (κ2) is 13.1. The molecule has 0 spiro atoms. The Labute approximate surface area is 414 Å². The summed E-state index contributed by atoms with van der Waals surface area (Å²) in [6, 6.07) is 80.2. The summed E-state index contributed by atoms with van der Waals surface area (Å²) in [5.74, 6) is 0. The Morgan fingerprint density at radius 1 is 0.314 bits per heavy atom. The Kier molecular flexibility index (Phi) is 7.14. The first-order chi connectivity index (χ1) is 34.4. The molecule has 4 heterocycles. The minimum Gasteiger partial charge on any atom is -0.308 e. The number of para-hydroxylation sites is 2. The Morgan fingerprint density at radius 3 is 1.21 bits per heavy atom. The molecule has 6 aliphatic rings. The fourth-order valence-corrected chi connectivity index (χ4v) is 15.8. The highest BCUT2D eigenvalue weighted by Gasteiger charge is 2.44. The summed E-state index contributed by atoms with van der Waals surface area (Å²) in [4.78, 5) is 10.2. The van der Waals surface area contributed by atoms with E-state index in [1.54, 1.807) is 0 Å². The number of hydrogen-bond donors (Lipinski definition) is 0. The Bertz CT molecular complexity index is 3990. The van der Waals surface area contributed by atoms with Crippen molar-refractivity contribution < 1.29 is 0 Å². The average molecular weight is 925 g/mol. The van der Waals surface area contributed by atoms with E-state index in [9.17, 15) is 0 Å². The molecular formula is C66H40N2S2. The van der Waals surface area contributed by atoms with Crippen LogP contribution in [0.3, 0.4) is 0 Å². The van der Waals surface area contributed by atoms with E-state index in [0.717, 1.165) is 11.4 Å². The third-order valence-corrected chi connectivity index (χ3v) is 19.3. The summed E-state index contributed by atoms with van der Waals surface area (Å²) in [5, 5.41) is 5.02. The normalized spacial score (nSPS) is 18.4. The molecule has 17 rings (SSSR count). The molecule has 326 valence electrons. The van der Waals surface area contributed by atoms with E-state index in [4.69, 9.17) is 0 Å². The smallest absolute Gasteiger partial charge is 0.0604 e. The van der Waals surface area contributed by atoms with Gasteiger partial charge in [0, 0.05) is 41.8 Å². The largest absolute Gasteiger partial charge is 0.308 e. The quantitative estimate of drug-likeness (QED) is 0.140. The monoisotopic (exact) mass is 924 g/mol. The van der Waals surface area contributed by atoms with E-state index in [1.807, 2.05) is 23.5 Å². The molecule has 0 aromatic heterocycles. The lowest BCUT2D eigenvalue weighted by Gasteiger charge is -2.37. The van der Waals surface area contributed by atoms with Crippen molar-refractivity contribution in [2.45, 2.75) is 44.3 Å². The van der Waals surface area contributed by atoms with Gasteiger partial charge in [0.05, 0.1) is 22.7 Å². The van der Waals surface area contributed by atoms with Crippen molar-refractivity contribution in [2.24, 2.45) is 0 Å². The fraction of sp³-hybridized carbons (Fsp3) is 0.0606. The van der Waals surface area contributed by atoms with Gasteiger partial charge in [-0.25, -0.2) is 0 Å². The summed E-state index contributed by atoms with van der Waals surface area (Å²) in [6.45, 7) is 4.93. The van der Waals surface area contributed by atoms with Crippen molar-refractivity contribution in [3.63, 3.8) is 0 Å². The summed E-state index contributed by atoms with van der Waals surface area (Å²) in [6.07, 6.45) is 0. The summed E-state index contributed by atoms with van der Waals surface area (Å²) in [7, 11) is 0. The van der Waals surface area contributed by atoms with E-state index >= 15 is 0 Å². The minimum atomic E-state index is -0.381. The van der Waals surface area contributed by atoms with Gasteiger partial charge in [-0.2, -0.15) is 0 Å². The van der Waals surface area contributed by atoms with E-state index in [2.05, 4.69) is 230 Å². The van der Waals surface area contributed by atoms with Crippen LogP contribution in [0, 0.1) is 0 Å². The topological polar surface area (TPSA) is 6.48 Å². The predicted octanol–water partition coefficient (Wildman–Crippen LogP) is 18.5. The molecule has 0 saturated carbocycles. The summed E-state index contributed by atoms with van der Waals surface area (Å²) >= 11 is 3.76. The minimum absolute atomic E-state index is 0.381. The Balaban J connectivity index is 1.05. The molecule has 2 aliphatic carbocycles. The van der Waals surface area contributed by atoms with Crippen molar-refractivity contribution in [1.82, 2.24) is 0 Å². The molecule has 2 unspecified atom stereocenters. The van der Waals surface area contributed by atoms with Crippen LogP contribution < -0.4 is 9.80 Å². The lowest BCUT2D eigenvalue weighted by molar-refractivity contribution is 0.713. The molecule has 11 aromatic carbocycles. The number of fused-ring (bicyclic) bond motifs is 24. The predicted molar refractivity (Wildman–Crippen MR) is 292 cm³/mol. The average Bonchev–Trinajstić information content (AvgIpc) is 3.82. The summed E-state index contributed by atoms with van der Waals surface area (Å²) < 4.78 is 0. The van der Waals surface area contributed by atoms with Crippen LogP contribution in [0.2, 0.25) is 0 Å². The molecule has 2 atom stereocenters. The van der Waals surface area contributed by atoms with E-state index in [0.29, 0.717) is 0 Å².